The molecule has 0 aliphatic carbocycles. The SMILES string of the molecule is CC(C)Nc1ncccc1C(=O)N1C[C@@H](C)O[C@@H](c2ccccc2)C1. The molecule has 5 nitrogen and oxygen atoms in total. The minimum Gasteiger partial charge on any atom is -0.367 e. The number of nitrogens with zero attached hydrogens (tertiary/aromatic N) is 2. The van der Waals surface area contributed by atoms with Crippen molar-refractivity contribution in [3.8, 4) is 0 Å². The summed E-state index contributed by atoms with van der Waals surface area (Å²) in [5, 5.41) is 3.26. The van der Waals surface area contributed by atoms with E-state index in [1.807, 2.05) is 62.1 Å². The van der Waals surface area contributed by atoms with Gasteiger partial charge in [-0.15, -0.1) is 0 Å². The summed E-state index contributed by atoms with van der Waals surface area (Å²) in [6.07, 6.45) is 1.59. The summed E-state index contributed by atoms with van der Waals surface area (Å²) in [5.74, 6) is 0.630. The van der Waals surface area contributed by atoms with E-state index in [4.69, 9.17) is 4.74 Å². The Hall–Kier alpha value is -2.40. The number of morpholine rings is 1. The van der Waals surface area contributed by atoms with E-state index in [0.29, 0.717) is 24.5 Å². The average molecular weight is 339 g/mol. The molecule has 1 aliphatic heterocycles. The first-order valence-corrected chi connectivity index (χ1v) is 8.76. The van der Waals surface area contributed by atoms with E-state index < -0.39 is 0 Å². The van der Waals surface area contributed by atoms with E-state index in [0.717, 1.165) is 5.56 Å². The Balaban J connectivity index is 1.82. The van der Waals surface area contributed by atoms with Crippen LogP contribution < -0.4 is 5.32 Å². The summed E-state index contributed by atoms with van der Waals surface area (Å²) in [6, 6.07) is 13.9. The van der Waals surface area contributed by atoms with Gasteiger partial charge in [-0.25, -0.2) is 4.98 Å². The van der Waals surface area contributed by atoms with Gasteiger partial charge in [0.15, 0.2) is 0 Å². The van der Waals surface area contributed by atoms with Crippen LogP contribution in [0.4, 0.5) is 5.82 Å². The van der Waals surface area contributed by atoms with Crippen molar-refractivity contribution in [2.75, 3.05) is 18.4 Å². The van der Waals surface area contributed by atoms with Gasteiger partial charge in [-0.05, 0) is 38.5 Å². The maximum Gasteiger partial charge on any atom is 0.257 e. The number of anilines is 1. The average Bonchev–Trinajstić information content (AvgIpc) is 2.61. The molecular weight excluding hydrogens is 314 g/mol. The Morgan fingerprint density at radius 1 is 1.20 bits per heavy atom. The fraction of sp³-hybridized carbons (Fsp3) is 0.400. The fourth-order valence-corrected chi connectivity index (χ4v) is 3.11. The predicted octanol–water partition coefficient (Wildman–Crippen LogP) is 3.50. The second kappa shape index (κ2) is 7.66. The van der Waals surface area contributed by atoms with Gasteiger partial charge in [-0.1, -0.05) is 30.3 Å². The molecule has 1 aliphatic rings. The maximum atomic E-state index is 13.1. The quantitative estimate of drug-likeness (QED) is 0.926. The number of rotatable bonds is 4. The highest BCUT2D eigenvalue weighted by atomic mass is 16.5. The summed E-state index contributed by atoms with van der Waals surface area (Å²) in [5.41, 5.74) is 1.70. The van der Waals surface area contributed by atoms with Crippen molar-refractivity contribution in [2.24, 2.45) is 0 Å². The van der Waals surface area contributed by atoms with E-state index in [9.17, 15) is 4.79 Å². The molecule has 0 saturated carbocycles. The number of hydrogen-bond donors (Lipinski definition) is 1. The van der Waals surface area contributed by atoms with Crippen molar-refractivity contribution in [1.29, 1.82) is 0 Å². The molecule has 132 valence electrons. The molecular formula is C20H25N3O2. The van der Waals surface area contributed by atoms with Crippen LogP contribution in [-0.4, -0.2) is 41.0 Å². The molecule has 1 fully saturated rings. The molecule has 25 heavy (non-hydrogen) atoms. The Bertz CT molecular complexity index is 718. The second-order valence-electron chi connectivity index (χ2n) is 6.75. The number of pyridine rings is 1. The van der Waals surface area contributed by atoms with E-state index >= 15 is 0 Å². The van der Waals surface area contributed by atoms with Crippen LogP contribution in [0.5, 0.6) is 0 Å². The topological polar surface area (TPSA) is 54.5 Å². The first-order valence-electron chi connectivity index (χ1n) is 8.76. The van der Waals surface area contributed by atoms with Crippen LogP contribution in [0.15, 0.2) is 48.7 Å². The number of nitrogens with one attached hydrogen (secondary N) is 1. The van der Waals surface area contributed by atoms with E-state index in [1.165, 1.54) is 0 Å². The predicted molar refractivity (Wildman–Crippen MR) is 98.6 cm³/mol. The summed E-state index contributed by atoms with van der Waals surface area (Å²) >= 11 is 0. The van der Waals surface area contributed by atoms with E-state index in [-0.39, 0.29) is 24.2 Å². The lowest BCUT2D eigenvalue weighted by Crippen LogP contribution is -2.46. The lowest BCUT2D eigenvalue weighted by Gasteiger charge is -2.37. The first-order chi connectivity index (χ1) is 12.0. The van der Waals surface area contributed by atoms with Crippen LogP contribution in [0.2, 0.25) is 0 Å². The number of hydrogen-bond acceptors (Lipinski definition) is 4. The number of amides is 1. The highest BCUT2D eigenvalue weighted by Gasteiger charge is 2.31. The molecule has 0 spiro atoms. The van der Waals surface area contributed by atoms with Crippen molar-refractivity contribution in [1.82, 2.24) is 9.88 Å². The normalized spacial score (nSPS) is 20.6. The zero-order valence-corrected chi connectivity index (χ0v) is 15.0. The first kappa shape index (κ1) is 17.4. The Morgan fingerprint density at radius 3 is 2.68 bits per heavy atom. The Labute approximate surface area is 149 Å². The summed E-state index contributed by atoms with van der Waals surface area (Å²) in [6.45, 7) is 7.20. The molecule has 2 atom stereocenters. The zero-order valence-electron chi connectivity index (χ0n) is 15.0. The van der Waals surface area contributed by atoms with Gasteiger partial charge in [-0.3, -0.25) is 4.79 Å². The minimum atomic E-state index is -0.105. The van der Waals surface area contributed by atoms with Crippen molar-refractivity contribution in [2.45, 2.75) is 39.0 Å². The Morgan fingerprint density at radius 2 is 1.96 bits per heavy atom. The molecule has 0 bridgehead atoms. The molecule has 1 aromatic carbocycles. The summed E-state index contributed by atoms with van der Waals surface area (Å²) in [4.78, 5) is 19.3. The molecule has 1 aromatic heterocycles. The third-order valence-corrected chi connectivity index (χ3v) is 4.18. The molecule has 1 amide bonds. The fourth-order valence-electron chi connectivity index (χ4n) is 3.11. The number of carbonyl (C=O) groups excluding carboxylic acids is 1. The second-order valence-corrected chi connectivity index (χ2v) is 6.75. The molecule has 1 saturated heterocycles. The van der Waals surface area contributed by atoms with Crippen molar-refractivity contribution < 1.29 is 9.53 Å². The lowest BCUT2D eigenvalue weighted by molar-refractivity contribution is -0.0691. The highest BCUT2D eigenvalue weighted by molar-refractivity contribution is 5.98. The van der Waals surface area contributed by atoms with Crippen LogP contribution in [0.25, 0.3) is 0 Å². The number of benzene rings is 1. The maximum absolute atomic E-state index is 13.1. The van der Waals surface area contributed by atoms with Gasteiger partial charge in [0.2, 0.25) is 0 Å². The van der Waals surface area contributed by atoms with Gasteiger partial charge in [0, 0.05) is 18.8 Å². The van der Waals surface area contributed by atoms with Crippen LogP contribution >= 0.6 is 0 Å². The van der Waals surface area contributed by atoms with Gasteiger partial charge in [0.1, 0.15) is 11.9 Å². The Kier molecular flexibility index (Phi) is 5.34. The minimum absolute atomic E-state index is 0.00710. The van der Waals surface area contributed by atoms with Gasteiger partial charge in [0.25, 0.3) is 5.91 Å². The van der Waals surface area contributed by atoms with Gasteiger partial charge < -0.3 is 15.0 Å². The van der Waals surface area contributed by atoms with E-state index in [1.54, 1.807) is 12.3 Å². The van der Waals surface area contributed by atoms with Gasteiger partial charge in [0.05, 0.1) is 18.2 Å². The van der Waals surface area contributed by atoms with Crippen LogP contribution in [-0.2, 0) is 4.74 Å². The smallest absolute Gasteiger partial charge is 0.257 e. The third-order valence-electron chi connectivity index (χ3n) is 4.18. The van der Waals surface area contributed by atoms with Gasteiger partial charge in [-0.2, -0.15) is 0 Å². The number of aromatic nitrogens is 1. The van der Waals surface area contributed by atoms with Crippen LogP contribution in [0.1, 0.15) is 42.8 Å². The molecule has 3 rings (SSSR count). The largest absolute Gasteiger partial charge is 0.367 e. The van der Waals surface area contributed by atoms with Crippen molar-refractivity contribution >= 4 is 11.7 Å². The molecule has 0 radical (unpaired) electrons. The third kappa shape index (κ3) is 4.17. The molecule has 1 N–H and O–H groups in total. The lowest BCUT2D eigenvalue weighted by atomic mass is 10.1. The van der Waals surface area contributed by atoms with Crippen molar-refractivity contribution in [3.05, 3.63) is 59.8 Å². The van der Waals surface area contributed by atoms with E-state index in [2.05, 4.69) is 10.3 Å². The monoisotopic (exact) mass is 339 g/mol. The van der Waals surface area contributed by atoms with Crippen molar-refractivity contribution in [3.63, 3.8) is 0 Å². The molecule has 5 heteroatoms. The number of carbonyl (C=O) groups is 1. The zero-order chi connectivity index (χ0) is 17.8. The molecule has 2 aromatic rings. The van der Waals surface area contributed by atoms with Crippen LogP contribution in [0.3, 0.4) is 0 Å². The highest BCUT2D eigenvalue weighted by Crippen LogP contribution is 2.27. The molecule has 2 heterocycles. The van der Waals surface area contributed by atoms with Crippen LogP contribution in [0, 0.1) is 0 Å². The summed E-state index contributed by atoms with van der Waals surface area (Å²) in [7, 11) is 0. The van der Waals surface area contributed by atoms with Gasteiger partial charge >= 0.3 is 0 Å². The summed E-state index contributed by atoms with van der Waals surface area (Å²) < 4.78 is 6.06. The standard InChI is InChI=1S/C20H25N3O2/c1-14(2)22-19-17(10-7-11-21-19)20(24)23-12-15(3)25-18(13-23)16-8-5-4-6-9-16/h4-11,14-15,18H,12-13H2,1-3H3,(H,21,22)/t15-,18-/m1/s1. The molecule has 0 unspecified atom stereocenters. The number of ether oxygens (including phenoxy) is 1.